The minimum atomic E-state index is -4.75. The van der Waals surface area contributed by atoms with Gasteiger partial charge in [0.1, 0.15) is 5.56 Å². The highest BCUT2D eigenvalue weighted by molar-refractivity contribution is 7.91. The molecule has 2 aliphatic rings. The molecule has 1 saturated heterocycles. The van der Waals surface area contributed by atoms with Gasteiger partial charge in [-0.05, 0) is 50.1 Å². The third kappa shape index (κ3) is 6.27. The van der Waals surface area contributed by atoms with Crippen LogP contribution in [0.25, 0.3) is 10.6 Å². The molecular formula is C28H34F3N5O4S2. The number of β-amino-alcohol motifs (C(OH)–C–C–N with tert-alkyl or cyclic N) is 1. The van der Waals surface area contributed by atoms with Gasteiger partial charge in [-0.25, -0.2) is 18.4 Å². The Kier molecular flexibility index (Phi) is 8.82. The van der Waals surface area contributed by atoms with Gasteiger partial charge in [-0.2, -0.15) is 13.2 Å². The van der Waals surface area contributed by atoms with Crippen LogP contribution in [0.4, 0.5) is 30.5 Å². The van der Waals surface area contributed by atoms with Gasteiger partial charge < -0.3 is 20.1 Å². The van der Waals surface area contributed by atoms with E-state index in [9.17, 15) is 26.7 Å². The van der Waals surface area contributed by atoms with Gasteiger partial charge in [-0.1, -0.05) is 6.92 Å². The molecule has 9 nitrogen and oxygen atoms in total. The van der Waals surface area contributed by atoms with Gasteiger partial charge in [0.05, 0.1) is 45.4 Å². The van der Waals surface area contributed by atoms with Crippen molar-refractivity contribution in [2.75, 3.05) is 55.4 Å². The van der Waals surface area contributed by atoms with Crippen LogP contribution in [0.15, 0.2) is 35.4 Å². The van der Waals surface area contributed by atoms with Crippen molar-refractivity contribution in [3.05, 3.63) is 46.5 Å². The van der Waals surface area contributed by atoms with Crippen LogP contribution in [-0.2, 0) is 27.2 Å². The fourth-order valence-electron chi connectivity index (χ4n) is 5.39. The van der Waals surface area contributed by atoms with Crippen molar-refractivity contribution in [1.29, 1.82) is 0 Å². The number of rotatable bonds is 7. The van der Waals surface area contributed by atoms with Crippen LogP contribution in [0.5, 0.6) is 0 Å². The number of aryl methyl sites for hydroxylation is 1. The third-order valence-corrected chi connectivity index (χ3v) is 10.9. The lowest BCUT2D eigenvalue weighted by molar-refractivity contribution is -0.137. The van der Waals surface area contributed by atoms with Crippen LogP contribution in [-0.4, -0.2) is 79.6 Å². The van der Waals surface area contributed by atoms with Crippen LogP contribution >= 0.6 is 11.3 Å². The Bertz CT molecular complexity index is 1550. The summed E-state index contributed by atoms with van der Waals surface area (Å²) >= 11 is 0.941. The Balaban J connectivity index is 1.46. The van der Waals surface area contributed by atoms with E-state index >= 15 is 0 Å². The predicted octanol–water partition coefficient (Wildman–Crippen LogP) is 4.90. The maximum atomic E-state index is 14.0. The summed E-state index contributed by atoms with van der Waals surface area (Å²) < 4.78 is 73.3. The lowest BCUT2D eigenvalue weighted by Gasteiger charge is -2.41. The van der Waals surface area contributed by atoms with E-state index in [0.717, 1.165) is 48.4 Å². The molecule has 0 amide bonds. The molecule has 2 aromatic heterocycles. The van der Waals surface area contributed by atoms with E-state index in [1.54, 1.807) is 6.92 Å². The van der Waals surface area contributed by atoms with Crippen LogP contribution in [0.1, 0.15) is 42.9 Å². The summed E-state index contributed by atoms with van der Waals surface area (Å²) in [5.74, 6) is -0.265. The first kappa shape index (κ1) is 30.7. The summed E-state index contributed by atoms with van der Waals surface area (Å²) in [5.41, 5.74) is 1.23. The molecule has 1 fully saturated rings. The highest BCUT2D eigenvalue weighted by Crippen LogP contribution is 2.44. The fraction of sp³-hybridized carbons (Fsp3) is 0.500. The summed E-state index contributed by atoms with van der Waals surface area (Å²) in [5, 5.41) is 12.4. The molecule has 42 heavy (non-hydrogen) atoms. The number of nitrogens with one attached hydrogen (secondary N) is 1. The lowest BCUT2D eigenvalue weighted by Crippen LogP contribution is -2.52. The number of thiophene rings is 1. The number of piperazine rings is 1. The Morgan fingerprint density at radius 3 is 2.69 bits per heavy atom. The number of aliphatic hydroxyl groups is 1. The quantitative estimate of drug-likeness (QED) is 0.379. The summed E-state index contributed by atoms with van der Waals surface area (Å²) in [7, 11) is -3.71. The van der Waals surface area contributed by atoms with Crippen molar-refractivity contribution in [2.24, 2.45) is 0 Å². The zero-order chi connectivity index (χ0) is 30.2. The summed E-state index contributed by atoms with van der Waals surface area (Å²) in [6.45, 7) is 9.06. The topological polar surface area (TPSA) is 108 Å². The fourth-order valence-corrected chi connectivity index (χ4v) is 8.34. The predicted molar refractivity (Wildman–Crippen MR) is 156 cm³/mol. The van der Waals surface area contributed by atoms with E-state index in [4.69, 9.17) is 4.74 Å². The van der Waals surface area contributed by atoms with Gasteiger partial charge >= 0.3 is 6.18 Å². The highest BCUT2D eigenvalue weighted by atomic mass is 32.2. The second-order valence-electron chi connectivity index (χ2n) is 10.5. The van der Waals surface area contributed by atoms with E-state index in [-0.39, 0.29) is 46.4 Å². The molecule has 0 spiro atoms. The first-order valence-corrected chi connectivity index (χ1v) is 16.3. The van der Waals surface area contributed by atoms with Gasteiger partial charge in [-0.15, -0.1) is 11.3 Å². The minimum absolute atomic E-state index is 0.0101. The van der Waals surface area contributed by atoms with Crippen LogP contribution < -0.4 is 10.2 Å². The molecule has 0 bridgehead atoms. The average Bonchev–Trinajstić information content (AvgIpc) is 3.37. The lowest BCUT2D eigenvalue weighted by atomic mass is 10.1. The van der Waals surface area contributed by atoms with E-state index in [0.29, 0.717) is 23.5 Å². The Morgan fingerprint density at radius 1 is 1.21 bits per heavy atom. The van der Waals surface area contributed by atoms with Crippen molar-refractivity contribution in [1.82, 2.24) is 14.9 Å². The van der Waals surface area contributed by atoms with E-state index < -0.39 is 27.7 Å². The molecule has 2 N–H and O–H groups in total. The molecule has 1 aromatic carbocycles. The Morgan fingerprint density at radius 2 is 2.00 bits per heavy atom. The molecular weight excluding hydrogens is 591 g/mol. The monoisotopic (exact) mass is 625 g/mol. The molecule has 0 saturated carbocycles. The molecule has 5 rings (SSSR count). The molecule has 0 radical (unpaired) electrons. The van der Waals surface area contributed by atoms with Crippen molar-refractivity contribution >= 4 is 38.5 Å². The molecule has 2 aliphatic heterocycles. The van der Waals surface area contributed by atoms with Crippen molar-refractivity contribution in [3.8, 4) is 10.6 Å². The second-order valence-corrected chi connectivity index (χ2v) is 13.7. The zero-order valence-electron chi connectivity index (χ0n) is 23.6. The first-order valence-electron chi connectivity index (χ1n) is 13.8. The first-order chi connectivity index (χ1) is 19.9. The molecule has 14 heteroatoms. The highest BCUT2D eigenvalue weighted by Gasteiger charge is 2.37. The largest absolute Gasteiger partial charge is 0.420 e. The van der Waals surface area contributed by atoms with Crippen LogP contribution in [0, 0.1) is 0 Å². The van der Waals surface area contributed by atoms with Crippen molar-refractivity contribution < 1.29 is 31.4 Å². The molecule has 0 aliphatic carbocycles. The minimum Gasteiger partial charge on any atom is -0.395 e. The second kappa shape index (κ2) is 12.1. The molecule has 2 unspecified atom stereocenters. The third-order valence-electron chi connectivity index (χ3n) is 7.71. The van der Waals surface area contributed by atoms with E-state index in [2.05, 4.69) is 38.1 Å². The summed E-state index contributed by atoms with van der Waals surface area (Å²) in [4.78, 5) is 13.2. The number of fused-ring (bicyclic) bond motifs is 1. The van der Waals surface area contributed by atoms with Crippen LogP contribution in [0.2, 0.25) is 0 Å². The van der Waals surface area contributed by atoms with Crippen molar-refractivity contribution in [2.45, 2.75) is 50.4 Å². The number of ether oxygens (including phenoxy) is 1. The smallest absolute Gasteiger partial charge is 0.395 e. The average molecular weight is 626 g/mol. The number of aliphatic hydroxyl groups excluding tert-OH is 1. The van der Waals surface area contributed by atoms with E-state index in [1.807, 2.05) is 19.1 Å². The molecule has 4 heterocycles. The van der Waals surface area contributed by atoms with Gasteiger partial charge in [0, 0.05) is 49.8 Å². The number of nitrogens with zero attached hydrogens (tertiary/aromatic N) is 4. The number of aromatic nitrogens is 2. The number of hydrogen-bond donors (Lipinski definition) is 2. The summed E-state index contributed by atoms with van der Waals surface area (Å²) in [6, 6.07) is 7.45. The SMILES string of the molecule is CCc1cc(N2CCN(CCO)C(C)C2)ccc1Nc1ncc(C(F)(F)F)c(-c2cc3c(s2)C(C)OCCS3(=O)=O)n1. The number of sulfone groups is 1. The maximum Gasteiger partial charge on any atom is 0.420 e. The number of alkyl halides is 3. The van der Waals surface area contributed by atoms with E-state index in [1.165, 1.54) is 6.07 Å². The van der Waals surface area contributed by atoms with Crippen LogP contribution in [0.3, 0.4) is 0 Å². The number of benzene rings is 1. The van der Waals surface area contributed by atoms with Gasteiger partial charge in [-0.3, -0.25) is 4.90 Å². The molecule has 228 valence electrons. The summed E-state index contributed by atoms with van der Waals surface area (Å²) in [6.07, 6.45) is -3.92. The standard InChI is InChI=1S/C28H34F3N5O4S2/c1-4-19-13-20(36-8-7-35(9-10-37)17(2)16-36)5-6-22(19)33-27-32-15-21(28(29,30)31)25(34-27)23-14-24-26(41-23)18(3)40-11-12-42(24,38)39/h5-6,13-15,17-18,37H,4,7-12,16H2,1-3H3,(H,32,33,34). The van der Waals surface area contributed by atoms with Gasteiger partial charge in [0.2, 0.25) is 5.95 Å². The van der Waals surface area contributed by atoms with Gasteiger partial charge in [0.25, 0.3) is 0 Å². The normalized spacial score (nSPS) is 21.2. The molecule has 2 atom stereocenters. The Hall–Kier alpha value is -2.78. The number of halogens is 3. The number of anilines is 3. The van der Waals surface area contributed by atoms with Crippen molar-refractivity contribution in [3.63, 3.8) is 0 Å². The zero-order valence-corrected chi connectivity index (χ0v) is 25.2. The number of hydrogen-bond acceptors (Lipinski definition) is 10. The molecule has 3 aromatic rings. The Labute approximate surface area is 247 Å². The van der Waals surface area contributed by atoms with Gasteiger partial charge in [0.15, 0.2) is 9.84 Å². The maximum absolute atomic E-state index is 14.0.